The predicted molar refractivity (Wildman–Crippen MR) is 66.7 cm³/mol. The maximum atomic E-state index is 5.44. The quantitative estimate of drug-likeness (QED) is 0.771. The first kappa shape index (κ1) is 12.3. The molecule has 0 aromatic carbocycles. The van der Waals surface area contributed by atoms with Gasteiger partial charge in [0.2, 0.25) is 0 Å². The lowest BCUT2D eigenvalue weighted by molar-refractivity contribution is 0.102. The number of methoxy groups -OCH3 is 1. The van der Waals surface area contributed by atoms with Gasteiger partial charge in [0.15, 0.2) is 0 Å². The van der Waals surface area contributed by atoms with E-state index in [1.54, 1.807) is 0 Å². The van der Waals surface area contributed by atoms with Gasteiger partial charge in [-0.05, 0) is 32.2 Å². The van der Waals surface area contributed by atoms with Gasteiger partial charge in [0, 0.05) is 32.3 Å². The van der Waals surface area contributed by atoms with E-state index < -0.39 is 0 Å². The van der Waals surface area contributed by atoms with Crippen LogP contribution in [-0.2, 0) is 4.74 Å². The number of rotatable bonds is 5. The lowest BCUT2D eigenvalue weighted by Gasteiger charge is -2.34. The van der Waals surface area contributed by atoms with E-state index in [9.17, 15) is 0 Å². The molecule has 0 aromatic rings. The minimum absolute atomic E-state index is 0.414. The molecule has 2 saturated heterocycles. The van der Waals surface area contributed by atoms with E-state index in [1.165, 1.54) is 51.7 Å². The third-order valence-electron chi connectivity index (χ3n) is 4.15. The first-order valence-corrected chi connectivity index (χ1v) is 6.78. The van der Waals surface area contributed by atoms with E-state index in [1.807, 2.05) is 7.11 Å². The van der Waals surface area contributed by atoms with Gasteiger partial charge < -0.3 is 10.1 Å². The molecule has 0 radical (unpaired) electrons. The van der Waals surface area contributed by atoms with Crippen molar-refractivity contribution in [3.8, 4) is 0 Å². The van der Waals surface area contributed by atoms with E-state index in [4.69, 9.17) is 4.74 Å². The third kappa shape index (κ3) is 2.76. The molecular formula is C13H26N2O. The van der Waals surface area contributed by atoms with Crippen molar-refractivity contribution in [3.05, 3.63) is 0 Å². The number of likely N-dealkylation sites (tertiary alicyclic amines) is 1. The first-order valence-electron chi connectivity index (χ1n) is 6.78. The van der Waals surface area contributed by atoms with Gasteiger partial charge in [-0.2, -0.15) is 0 Å². The lowest BCUT2D eigenvalue weighted by Crippen LogP contribution is -2.49. The van der Waals surface area contributed by atoms with Crippen molar-refractivity contribution < 1.29 is 4.74 Å². The average molecular weight is 226 g/mol. The molecule has 0 aromatic heterocycles. The van der Waals surface area contributed by atoms with Crippen molar-refractivity contribution in [1.82, 2.24) is 10.2 Å². The van der Waals surface area contributed by atoms with Crippen molar-refractivity contribution in [2.75, 3.05) is 33.3 Å². The number of nitrogens with zero attached hydrogens (tertiary/aromatic N) is 1. The SMILES string of the molecule is CCCC1(CN2CCC(OC)C2)CCCN1. The molecule has 16 heavy (non-hydrogen) atoms. The molecule has 2 fully saturated rings. The van der Waals surface area contributed by atoms with Gasteiger partial charge in [-0.25, -0.2) is 0 Å². The van der Waals surface area contributed by atoms with Gasteiger partial charge in [0.05, 0.1) is 6.10 Å². The Hall–Kier alpha value is -0.120. The van der Waals surface area contributed by atoms with Gasteiger partial charge in [-0.1, -0.05) is 13.3 Å². The summed E-state index contributed by atoms with van der Waals surface area (Å²) in [6.07, 6.45) is 6.99. The van der Waals surface area contributed by atoms with Gasteiger partial charge in [-0.3, -0.25) is 4.90 Å². The van der Waals surface area contributed by atoms with Crippen LogP contribution in [-0.4, -0.2) is 49.8 Å². The van der Waals surface area contributed by atoms with Crippen molar-refractivity contribution in [3.63, 3.8) is 0 Å². The number of hydrogen-bond acceptors (Lipinski definition) is 3. The lowest BCUT2D eigenvalue weighted by atomic mass is 9.91. The third-order valence-corrected chi connectivity index (χ3v) is 4.15. The molecule has 2 heterocycles. The van der Waals surface area contributed by atoms with Gasteiger partial charge in [-0.15, -0.1) is 0 Å². The summed E-state index contributed by atoms with van der Waals surface area (Å²) in [5.41, 5.74) is 0.414. The second kappa shape index (κ2) is 5.48. The molecule has 2 aliphatic heterocycles. The van der Waals surface area contributed by atoms with E-state index in [0.29, 0.717) is 11.6 Å². The molecule has 2 aliphatic rings. The molecule has 94 valence electrons. The van der Waals surface area contributed by atoms with Gasteiger partial charge >= 0.3 is 0 Å². The molecule has 0 aliphatic carbocycles. The second-order valence-electron chi connectivity index (χ2n) is 5.44. The summed E-state index contributed by atoms with van der Waals surface area (Å²) < 4.78 is 5.44. The van der Waals surface area contributed by atoms with Crippen LogP contribution < -0.4 is 5.32 Å². The van der Waals surface area contributed by atoms with Crippen LogP contribution in [0.4, 0.5) is 0 Å². The summed E-state index contributed by atoms with van der Waals surface area (Å²) in [7, 11) is 1.84. The maximum Gasteiger partial charge on any atom is 0.0710 e. The van der Waals surface area contributed by atoms with Crippen LogP contribution in [0.15, 0.2) is 0 Å². The zero-order valence-electron chi connectivity index (χ0n) is 10.8. The highest BCUT2D eigenvalue weighted by atomic mass is 16.5. The molecule has 2 unspecified atom stereocenters. The Morgan fingerprint density at radius 3 is 2.94 bits per heavy atom. The fraction of sp³-hybridized carbons (Fsp3) is 1.00. The zero-order chi connectivity index (χ0) is 11.4. The van der Waals surface area contributed by atoms with Crippen LogP contribution in [0.2, 0.25) is 0 Å². The summed E-state index contributed by atoms with van der Waals surface area (Å²) in [6, 6.07) is 0. The van der Waals surface area contributed by atoms with Crippen molar-refractivity contribution >= 4 is 0 Å². The highest BCUT2D eigenvalue weighted by Crippen LogP contribution is 2.27. The molecule has 0 bridgehead atoms. The summed E-state index contributed by atoms with van der Waals surface area (Å²) in [5.74, 6) is 0. The summed E-state index contributed by atoms with van der Waals surface area (Å²) >= 11 is 0. The summed E-state index contributed by atoms with van der Waals surface area (Å²) in [6.45, 7) is 7.07. The van der Waals surface area contributed by atoms with E-state index in [0.717, 1.165) is 6.54 Å². The van der Waals surface area contributed by atoms with E-state index in [2.05, 4.69) is 17.1 Å². The van der Waals surface area contributed by atoms with Crippen LogP contribution in [0.3, 0.4) is 0 Å². The molecule has 2 rings (SSSR count). The Morgan fingerprint density at radius 1 is 1.50 bits per heavy atom. The van der Waals surface area contributed by atoms with Crippen LogP contribution >= 0.6 is 0 Å². The normalized spacial score (nSPS) is 36.0. The molecule has 3 heteroatoms. The van der Waals surface area contributed by atoms with Crippen LogP contribution in [0, 0.1) is 0 Å². The molecule has 0 saturated carbocycles. The number of hydrogen-bond donors (Lipinski definition) is 1. The molecule has 2 atom stereocenters. The fourth-order valence-corrected chi connectivity index (χ4v) is 3.34. The maximum absolute atomic E-state index is 5.44. The Morgan fingerprint density at radius 2 is 2.38 bits per heavy atom. The van der Waals surface area contributed by atoms with Crippen molar-refractivity contribution in [1.29, 1.82) is 0 Å². The van der Waals surface area contributed by atoms with Gasteiger partial charge in [0.1, 0.15) is 0 Å². The largest absolute Gasteiger partial charge is 0.380 e. The zero-order valence-corrected chi connectivity index (χ0v) is 10.8. The van der Waals surface area contributed by atoms with Crippen LogP contribution in [0.1, 0.15) is 39.0 Å². The molecule has 3 nitrogen and oxygen atoms in total. The van der Waals surface area contributed by atoms with E-state index >= 15 is 0 Å². The Kier molecular flexibility index (Phi) is 4.22. The molecule has 0 spiro atoms. The highest BCUT2D eigenvalue weighted by Gasteiger charge is 2.36. The number of nitrogens with one attached hydrogen (secondary N) is 1. The molecule has 1 N–H and O–H groups in total. The van der Waals surface area contributed by atoms with Gasteiger partial charge in [0.25, 0.3) is 0 Å². The Labute approximate surface area is 99.5 Å². The van der Waals surface area contributed by atoms with Crippen molar-refractivity contribution in [2.45, 2.75) is 50.7 Å². The highest BCUT2D eigenvalue weighted by molar-refractivity contribution is 4.96. The first-order chi connectivity index (χ1) is 7.78. The average Bonchev–Trinajstić information content (AvgIpc) is 2.89. The number of ether oxygens (including phenoxy) is 1. The minimum Gasteiger partial charge on any atom is -0.380 e. The van der Waals surface area contributed by atoms with Crippen LogP contribution in [0.25, 0.3) is 0 Å². The topological polar surface area (TPSA) is 24.5 Å². The standard InChI is InChI=1S/C13H26N2O/c1-3-6-13(7-4-8-14-13)11-15-9-5-12(10-15)16-2/h12,14H,3-11H2,1-2H3. The van der Waals surface area contributed by atoms with Crippen molar-refractivity contribution in [2.24, 2.45) is 0 Å². The van der Waals surface area contributed by atoms with E-state index in [-0.39, 0.29) is 0 Å². The predicted octanol–water partition coefficient (Wildman–Crippen LogP) is 1.63. The Bertz CT molecular complexity index is 214. The molecular weight excluding hydrogens is 200 g/mol. The smallest absolute Gasteiger partial charge is 0.0710 e. The monoisotopic (exact) mass is 226 g/mol. The fourth-order valence-electron chi connectivity index (χ4n) is 3.34. The summed E-state index contributed by atoms with van der Waals surface area (Å²) in [4.78, 5) is 2.59. The second-order valence-corrected chi connectivity index (χ2v) is 5.44. The van der Waals surface area contributed by atoms with Crippen LogP contribution in [0.5, 0.6) is 0 Å². The minimum atomic E-state index is 0.414. The Balaban J connectivity index is 1.86. The summed E-state index contributed by atoms with van der Waals surface area (Å²) in [5, 5.41) is 3.75. The molecule has 0 amide bonds.